The minimum atomic E-state index is 0.339. The van der Waals surface area contributed by atoms with E-state index in [1.807, 2.05) is 6.07 Å². The monoisotopic (exact) mass is 234 g/mol. The fourth-order valence-electron chi connectivity index (χ4n) is 2.66. The van der Waals surface area contributed by atoms with E-state index in [1.54, 1.807) is 0 Å². The minimum Gasteiger partial charge on any atom is -0.454 e. The highest BCUT2D eigenvalue weighted by molar-refractivity contribution is 5.44. The number of hydrogen-bond donors (Lipinski definition) is 2. The molecule has 0 radical (unpaired) electrons. The zero-order valence-corrected chi connectivity index (χ0v) is 9.82. The first-order chi connectivity index (χ1) is 8.36. The van der Waals surface area contributed by atoms with Gasteiger partial charge >= 0.3 is 0 Å². The van der Waals surface area contributed by atoms with Crippen LogP contribution in [0.15, 0.2) is 18.2 Å². The Labute approximate surface area is 101 Å². The van der Waals surface area contributed by atoms with Gasteiger partial charge in [-0.15, -0.1) is 0 Å². The Kier molecular flexibility index (Phi) is 2.91. The summed E-state index contributed by atoms with van der Waals surface area (Å²) in [5, 5.41) is 3.52. The molecule has 4 nitrogen and oxygen atoms in total. The molecule has 1 aromatic carbocycles. The normalized spacial score (nSPS) is 26.4. The van der Waals surface area contributed by atoms with Crippen LogP contribution in [0.2, 0.25) is 0 Å². The van der Waals surface area contributed by atoms with Crippen LogP contribution in [0.5, 0.6) is 11.5 Å². The predicted molar refractivity (Wildman–Crippen MR) is 65.2 cm³/mol. The fraction of sp³-hybridized carbons (Fsp3) is 0.538. The molecule has 2 atom stereocenters. The molecule has 0 spiro atoms. The third-order valence-corrected chi connectivity index (χ3v) is 3.69. The van der Waals surface area contributed by atoms with E-state index >= 15 is 0 Å². The Hall–Kier alpha value is -1.26. The van der Waals surface area contributed by atoms with Gasteiger partial charge in [-0.2, -0.15) is 0 Å². The van der Waals surface area contributed by atoms with Gasteiger partial charge in [0.2, 0.25) is 6.79 Å². The molecule has 2 heterocycles. The second-order valence-corrected chi connectivity index (χ2v) is 4.74. The molecule has 17 heavy (non-hydrogen) atoms. The number of rotatable bonds is 3. The molecule has 2 unspecified atom stereocenters. The van der Waals surface area contributed by atoms with Crippen LogP contribution in [-0.4, -0.2) is 25.9 Å². The molecule has 92 valence electrons. The van der Waals surface area contributed by atoms with Crippen molar-refractivity contribution in [3.63, 3.8) is 0 Å². The predicted octanol–water partition coefficient (Wildman–Crippen LogP) is 0.895. The fourth-order valence-corrected chi connectivity index (χ4v) is 2.66. The third kappa shape index (κ3) is 2.10. The second kappa shape index (κ2) is 4.55. The van der Waals surface area contributed by atoms with E-state index < -0.39 is 0 Å². The van der Waals surface area contributed by atoms with E-state index in [0.29, 0.717) is 18.8 Å². The van der Waals surface area contributed by atoms with Gasteiger partial charge in [-0.05, 0) is 49.5 Å². The van der Waals surface area contributed by atoms with Gasteiger partial charge in [0, 0.05) is 6.04 Å². The van der Waals surface area contributed by atoms with Gasteiger partial charge in [-0.25, -0.2) is 0 Å². The molecule has 4 heteroatoms. The van der Waals surface area contributed by atoms with Crippen LogP contribution in [0.1, 0.15) is 12.0 Å². The standard InChI is InChI=1S/C13H18N2O2/c14-7-10-3-4-15-11(10)5-9-1-2-12-13(6-9)17-8-16-12/h1-2,6,10-11,15H,3-5,7-8,14H2. The second-order valence-electron chi connectivity index (χ2n) is 4.74. The lowest BCUT2D eigenvalue weighted by Crippen LogP contribution is -2.32. The SMILES string of the molecule is NCC1CCNC1Cc1ccc2c(c1)OCO2. The molecule has 1 aromatic rings. The number of ether oxygens (including phenoxy) is 2. The maximum absolute atomic E-state index is 5.78. The van der Waals surface area contributed by atoms with Crippen LogP contribution < -0.4 is 20.5 Å². The molecule has 1 saturated heterocycles. The van der Waals surface area contributed by atoms with Crippen LogP contribution >= 0.6 is 0 Å². The maximum Gasteiger partial charge on any atom is 0.231 e. The summed E-state index contributed by atoms with van der Waals surface area (Å²) in [6.45, 7) is 2.19. The number of hydrogen-bond acceptors (Lipinski definition) is 4. The molecule has 0 bridgehead atoms. The van der Waals surface area contributed by atoms with Crippen molar-refractivity contribution < 1.29 is 9.47 Å². The van der Waals surface area contributed by atoms with Crippen LogP contribution in [-0.2, 0) is 6.42 Å². The molecule has 0 aliphatic carbocycles. The molecule has 0 saturated carbocycles. The Balaban J connectivity index is 1.72. The smallest absolute Gasteiger partial charge is 0.231 e. The molecular formula is C13H18N2O2. The van der Waals surface area contributed by atoms with Crippen molar-refractivity contribution in [3.05, 3.63) is 23.8 Å². The minimum absolute atomic E-state index is 0.339. The molecular weight excluding hydrogens is 216 g/mol. The molecule has 3 N–H and O–H groups in total. The first kappa shape index (κ1) is 10.9. The van der Waals surface area contributed by atoms with Gasteiger partial charge in [0.05, 0.1) is 0 Å². The molecule has 0 amide bonds. The highest BCUT2D eigenvalue weighted by Crippen LogP contribution is 2.33. The van der Waals surface area contributed by atoms with E-state index in [9.17, 15) is 0 Å². The first-order valence-electron chi connectivity index (χ1n) is 6.19. The topological polar surface area (TPSA) is 56.5 Å². The van der Waals surface area contributed by atoms with Crippen molar-refractivity contribution in [1.29, 1.82) is 0 Å². The van der Waals surface area contributed by atoms with Gasteiger partial charge in [0.25, 0.3) is 0 Å². The number of nitrogens with one attached hydrogen (secondary N) is 1. The average Bonchev–Trinajstić information content (AvgIpc) is 2.96. The quantitative estimate of drug-likeness (QED) is 0.815. The van der Waals surface area contributed by atoms with E-state index in [2.05, 4.69) is 17.4 Å². The van der Waals surface area contributed by atoms with Crippen molar-refractivity contribution >= 4 is 0 Å². The van der Waals surface area contributed by atoms with E-state index in [0.717, 1.165) is 31.0 Å². The lowest BCUT2D eigenvalue weighted by atomic mass is 9.95. The van der Waals surface area contributed by atoms with Gasteiger partial charge < -0.3 is 20.5 Å². The summed E-state index contributed by atoms with van der Waals surface area (Å²) < 4.78 is 10.7. The van der Waals surface area contributed by atoms with E-state index in [1.165, 1.54) is 12.0 Å². The largest absolute Gasteiger partial charge is 0.454 e. The molecule has 3 rings (SSSR count). The van der Waals surface area contributed by atoms with Gasteiger partial charge in [0.15, 0.2) is 11.5 Å². The van der Waals surface area contributed by atoms with Gasteiger partial charge in [-0.1, -0.05) is 6.07 Å². The summed E-state index contributed by atoms with van der Waals surface area (Å²) in [5.74, 6) is 2.31. The summed E-state index contributed by atoms with van der Waals surface area (Å²) in [7, 11) is 0. The Morgan fingerprint density at radius 1 is 1.29 bits per heavy atom. The molecule has 2 aliphatic rings. The van der Waals surface area contributed by atoms with Crippen molar-refractivity contribution in [1.82, 2.24) is 5.32 Å². The average molecular weight is 234 g/mol. The molecule has 2 aliphatic heterocycles. The molecule has 1 fully saturated rings. The number of fused-ring (bicyclic) bond motifs is 1. The Morgan fingerprint density at radius 2 is 2.18 bits per heavy atom. The van der Waals surface area contributed by atoms with E-state index in [4.69, 9.17) is 15.2 Å². The van der Waals surface area contributed by atoms with Crippen LogP contribution in [0.4, 0.5) is 0 Å². The maximum atomic E-state index is 5.78. The zero-order valence-electron chi connectivity index (χ0n) is 9.82. The lowest BCUT2D eigenvalue weighted by Gasteiger charge is -2.18. The zero-order chi connectivity index (χ0) is 11.7. The highest BCUT2D eigenvalue weighted by Gasteiger charge is 2.26. The van der Waals surface area contributed by atoms with Crippen LogP contribution in [0, 0.1) is 5.92 Å². The Bertz CT molecular complexity index is 408. The highest BCUT2D eigenvalue weighted by atomic mass is 16.7. The van der Waals surface area contributed by atoms with Gasteiger partial charge in [-0.3, -0.25) is 0 Å². The summed E-state index contributed by atoms with van der Waals surface area (Å²) in [6.07, 6.45) is 2.20. The number of benzene rings is 1. The summed E-state index contributed by atoms with van der Waals surface area (Å²) in [6, 6.07) is 6.68. The Morgan fingerprint density at radius 3 is 3.06 bits per heavy atom. The molecule has 0 aromatic heterocycles. The van der Waals surface area contributed by atoms with Crippen molar-refractivity contribution in [3.8, 4) is 11.5 Å². The first-order valence-corrected chi connectivity index (χ1v) is 6.19. The number of nitrogens with two attached hydrogens (primary N) is 1. The summed E-state index contributed by atoms with van der Waals surface area (Å²) >= 11 is 0. The van der Waals surface area contributed by atoms with Crippen LogP contribution in [0.3, 0.4) is 0 Å². The van der Waals surface area contributed by atoms with Gasteiger partial charge in [0.1, 0.15) is 0 Å². The summed E-state index contributed by atoms with van der Waals surface area (Å²) in [5.41, 5.74) is 7.07. The van der Waals surface area contributed by atoms with Crippen LogP contribution in [0.25, 0.3) is 0 Å². The van der Waals surface area contributed by atoms with Crippen molar-refractivity contribution in [2.75, 3.05) is 19.9 Å². The third-order valence-electron chi connectivity index (χ3n) is 3.69. The van der Waals surface area contributed by atoms with E-state index in [-0.39, 0.29) is 0 Å². The lowest BCUT2D eigenvalue weighted by molar-refractivity contribution is 0.174. The van der Waals surface area contributed by atoms with Crippen molar-refractivity contribution in [2.45, 2.75) is 18.9 Å². The summed E-state index contributed by atoms with van der Waals surface area (Å²) in [4.78, 5) is 0. The van der Waals surface area contributed by atoms with Crippen molar-refractivity contribution in [2.24, 2.45) is 11.7 Å².